The van der Waals surface area contributed by atoms with Crippen molar-refractivity contribution in [3.05, 3.63) is 39.8 Å². The lowest BCUT2D eigenvalue weighted by atomic mass is 10.0. The fraction of sp³-hybridized carbons (Fsp3) is 0.577. The van der Waals surface area contributed by atoms with Crippen LogP contribution >= 0.6 is 0 Å². The minimum atomic E-state index is -0.113. The Morgan fingerprint density at radius 2 is 1.79 bits per heavy atom. The van der Waals surface area contributed by atoms with Crippen molar-refractivity contribution >= 4 is 27.7 Å². The Labute approximate surface area is 194 Å². The third-order valence-electron chi connectivity index (χ3n) is 7.87. The molecule has 2 fully saturated rings. The van der Waals surface area contributed by atoms with Crippen molar-refractivity contribution in [1.29, 1.82) is 0 Å². The molecule has 0 radical (unpaired) electrons. The Kier molecular flexibility index (Phi) is 5.99. The van der Waals surface area contributed by atoms with Gasteiger partial charge in [0.1, 0.15) is 0 Å². The maximum Gasteiger partial charge on any atom is 0.259 e. The summed E-state index contributed by atoms with van der Waals surface area (Å²) in [6, 6.07) is 4.87. The number of fused-ring (bicyclic) bond motifs is 3. The lowest BCUT2D eigenvalue weighted by Crippen LogP contribution is -2.51. The van der Waals surface area contributed by atoms with Gasteiger partial charge in [-0.05, 0) is 50.3 Å². The van der Waals surface area contributed by atoms with E-state index in [9.17, 15) is 9.59 Å². The highest BCUT2D eigenvalue weighted by molar-refractivity contribution is 6.07. The summed E-state index contributed by atoms with van der Waals surface area (Å²) in [5.41, 5.74) is 3.16. The molecule has 33 heavy (non-hydrogen) atoms. The van der Waals surface area contributed by atoms with Gasteiger partial charge in [0.25, 0.3) is 11.5 Å². The number of carbonyl (C=O) groups excluding carboxylic acids is 1. The number of aryl methyl sites for hydroxylation is 1. The topological polar surface area (TPSA) is 74.2 Å². The quantitative estimate of drug-likeness (QED) is 0.632. The molecule has 5 rings (SSSR count). The molecule has 2 aromatic heterocycles. The van der Waals surface area contributed by atoms with Crippen LogP contribution in [0.3, 0.4) is 0 Å². The van der Waals surface area contributed by atoms with E-state index < -0.39 is 0 Å². The summed E-state index contributed by atoms with van der Waals surface area (Å²) in [4.78, 5) is 33.8. The number of nitrogens with one attached hydrogen (secondary N) is 1. The van der Waals surface area contributed by atoms with E-state index in [-0.39, 0.29) is 11.5 Å². The molecule has 3 heterocycles. The van der Waals surface area contributed by atoms with E-state index >= 15 is 0 Å². The van der Waals surface area contributed by atoms with Crippen molar-refractivity contribution in [3.8, 4) is 0 Å². The largest absolute Gasteiger partial charge is 0.336 e. The fourth-order valence-corrected chi connectivity index (χ4v) is 5.92. The zero-order valence-corrected chi connectivity index (χ0v) is 20.1. The lowest BCUT2D eigenvalue weighted by Gasteiger charge is -2.39. The second-order valence-corrected chi connectivity index (χ2v) is 9.76. The number of piperazine rings is 1. The van der Waals surface area contributed by atoms with E-state index in [0.29, 0.717) is 17.5 Å². The number of benzene rings is 1. The van der Waals surface area contributed by atoms with Gasteiger partial charge in [0, 0.05) is 43.2 Å². The van der Waals surface area contributed by atoms with E-state index in [1.807, 2.05) is 28.6 Å². The molecule has 1 amide bonds. The number of rotatable bonds is 5. The molecule has 7 nitrogen and oxygen atoms in total. The van der Waals surface area contributed by atoms with Crippen molar-refractivity contribution < 1.29 is 4.79 Å². The van der Waals surface area contributed by atoms with E-state index in [1.54, 1.807) is 6.20 Å². The van der Waals surface area contributed by atoms with Gasteiger partial charge in [-0.3, -0.25) is 19.2 Å². The second kappa shape index (κ2) is 8.93. The minimum Gasteiger partial charge on any atom is -0.336 e. The van der Waals surface area contributed by atoms with E-state index in [1.165, 1.54) is 12.8 Å². The molecular formula is C26H35N5O2. The zero-order chi connectivity index (χ0) is 23.1. The van der Waals surface area contributed by atoms with Gasteiger partial charge in [-0.1, -0.05) is 26.7 Å². The summed E-state index contributed by atoms with van der Waals surface area (Å²) in [5, 5.41) is 6.13. The molecule has 1 aliphatic heterocycles. The van der Waals surface area contributed by atoms with E-state index in [0.717, 1.165) is 79.4 Å². The molecule has 176 valence electrons. The van der Waals surface area contributed by atoms with Crippen LogP contribution < -0.4 is 5.56 Å². The molecule has 2 aliphatic rings. The van der Waals surface area contributed by atoms with Gasteiger partial charge >= 0.3 is 0 Å². The highest BCUT2D eigenvalue weighted by Gasteiger charge is 2.27. The average molecular weight is 450 g/mol. The Hall–Kier alpha value is -2.67. The molecule has 1 aliphatic carbocycles. The van der Waals surface area contributed by atoms with Crippen LogP contribution in [0, 0.1) is 6.92 Å². The number of amides is 1. The molecule has 0 unspecified atom stereocenters. The summed E-state index contributed by atoms with van der Waals surface area (Å²) in [7, 11) is 0. The summed E-state index contributed by atoms with van der Waals surface area (Å²) >= 11 is 0. The van der Waals surface area contributed by atoms with Crippen LogP contribution in [0.15, 0.2) is 23.1 Å². The Bertz CT molecular complexity index is 1220. The van der Waals surface area contributed by atoms with Crippen LogP contribution in [0.1, 0.15) is 74.3 Å². The van der Waals surface area contributed by atoms with Crippen molar-refractivity contribution in [2.24, 2.45) is 0 Å². The van der Waals surface area contributed by atoms with Crippen LogP contribution in [0.25, 0.3) is 21.8 Å². The molecule has 7 heteroatoms. The molecule has 0 bridgehead atoms. The normalized spacial score (nSPS) is 18.2. The molecule has 0 spiro atoms. The van der Waals surface area contributed by atoms with Gasteiger partial charge in [0.2, 0.25) is 0 Å². The first-order valence-electron chi connectivity index (χ1n) is 12.6. The van der Waals surface area contributed by atoms with Crippen molar-refractivity contribution in [3.63, 3.8) is 0 Å². The standard InChI is InChI=1S/C26H35N5O2/c1-4-18(5-2)29-10-12-30(13-11-29)26(33)20-15-21-23(14-17(20)3)28-25(32)22-16-27-31(24(21)22)19-8-6-7-9-19/h14-16,18-19H,4-13H2,1-3H3,(H,28,32). The SMILES string of the molecule is CCC(CC)N1CCN(C(=O)c2cc3c(cc2C)[nH]c(=O)c2cnn(C4CCCC4)c23)CC1. The Balaban J connectivity index is 1.51. The number of aromatic amines is 1. The molecule has 0 atom stereocenters. The molecule has 1 aromatic carbocycles. The van der Waals surface area contributed by atoms with E-state index in [2.05, 4.69) is 28.8 Å². The van der Waals surface area contributed by atoms with Gasteiger partial charge in [0.15, 0.2) is 0 Å². The highest BCUT2D eigenvalue weighted by Crippen LogP contribution is 2.34. The maximum absolute atomic E-state index is 13.6. The number of H-pyrrole nitrogens is 1. The van der Waals surface area contributed by atoms with Crippen LogP contribution in [0.4, 0.5) is 0 Å². The van der Waals surface area contributed by atoms with Crippen LogP contribution in [-0.2, 0) is 0 Å². The summed E-state index contributed by atoms with van der Waals surface area (Å²) in [5.74, 6) is 0.0879. The maximum atomic E-state index is 13.6. The molecule has 1 N–H and O–H groups in total. The van der Waals surface area contributed by atoms with Crippen LogP contribution in [0.2, 0.25) is 0 Å². The molecule has 1 saturated carbocycles. The van der Waals surface area contributed by atoms with Crippen molar-refractivity contribution in [2.45, 2.75) is 71.4 Å². The predicted molar refractivity (Wildman–Crippen MR) is 132 cm³/mol. The summed E-state index contributed by atoms with van der Waals surface area (Å²) < 4.78 is 2.04. The van der Waals surface area contributed by atoms with Gasteiger partial charge in [-0.2, -0.15) is 5.10 Å². The number of nitrogens with zero attached hydrogens (tertiary/aromatic N) is 4. The van der Waals surface area contributed by atoms with Gasteiger partial charge in [0.05, 0.1) is 28.7 Å². The van der Waals surface area contributed by atoms with Gasteiger partial charge in [-0.25, -0.2) is 0 Å². The smallest absolute Gasteiger partial charge is 0.259 e. The molecule has 1 saturated heterocycles. The predicted octanol–water partition coefficient (Wildman–Crippen LogP) is 4.25. The first-order chi connectivity index (χ1) is 16.0. The van der Waals surface area contributed by atoms with Crippen molar-refractivity contribution in [2.75, 3.05) is 26.2 Å². The molecule has 3 aromatic rings. The molecular weight excluding hydrogens is 414 g/mol. The number of aromatic nitrogens is 3. The monoisotopic (exact) mass is 449 g/mol. The van der Waals surface area contributed by atoms with Gasteiger partial charge < -0.3 is 9.88 Å². The number of carbonyl (C=O) groups is 1. The number of pyridine rings is 1. The first kappa shape index (κ1) is 22.1. The van der Waals surface area contributed by atoms with Gasteiger partial charge in [-0.15, -0.1) is 0 Å². The Morgan fingerprint density at radius 1 is 1.09 bits per heavy atom. The third-order valence-corrected chi connectivity index (χ3v) is 7.87. The van der Waals surface area contributed by atoms with E-state index in [4.69, 9.17) is 0 Å². The number of hydrogen-bond acceptors (Lipinski definition) is 4. The fourth-order valence-electron chi connectivity index (χ4n) is 5.92. The average Bonchev–Trinajstić information content (AvgIpc) is 3.50. The zero-order valence-electron chi connectivity index (χ0n) is 20.1. The third kappa shape index (κ3) is 3.86. The second-order valence-electron chi connectivity index (χ2n) is 9.76. The summed E-state index contributed by atoms with van der Waals surface area (Å²) in [6.45, 7) is 9.82. The van der Waals surface area contributed by atoms with Crippen molar-refractivity contribution in [1.82, 2.24) is 24.6 Å². The first-order valence-corrected chi connectivity index (χ1v) is 12.6. The number of hydrogen-bond donors (Lipinski definition) is 1. The highest BCUT2D eigenvalue weighted by atomic mass is 16.2. The minimum absolute atomic E-state index is 0.0879. The Morgan fingerprint density at radius 3 is 2.45 bits per heavy atom. The van der Waals surface area contributed by atoms with Crippen LogP contribution in [-0.4, -0.2) is 62.7 Å². The lowest BCUT2D eigenvalue weighted by molar-refractivity contribution is 0.0559. The summed E-state index contributed by atoms with van der Waals surface area (Å²) in [6.07, 6.45) is 8.55. The van der Waals surface area contributed by atoms with Crippen LogP contribution in [0.5, 0.6) is 0 Å².